The van der Waals surface area contributed by atoms with Gasteiger partial charge in [-0.15, -0.1) is 5.10 Å². The van der Waals surface area contributed by atoms with Crippen LogP contribution >= 0.6 is 0 Å². The zero-order chi connectivity index (χ0) is 13.2. The summed E-state index contributed by atoms with van der Waals surface area (Å²) in [4.78, 5) is 15.6. The maximum atomic E-state index is 11.6. The maximum Gasteiger partial charge on any atom is 0.277 e. The van der Waals surface area contributed by atoms with Crippen LogP contribution in [0.5, 0.6) is 0 Å². The van der Waals surface area contributed by atoms with Gasteiger partial charge in [0.05, 0.1) is 6.26 Å². The van der Waals surface area contributed by atoms with Crippen molar-refractivity contribution in [2.75, 3.05) is 0 Å². The number of carbonyl (C=O) groups is 1. The SMILES string of the molecule is CC(=O)N1N=C(c2ccco2)OC1c1ccncc1. The van der Waals surface area contributed by atoms with Crippen molar-refractivity contribution in [1.82, 2.24) is 9.99 Å². The molecule has 0 bridgehead atoms. The number of pyridine rings is 1. The molecule has 0 saturated heterocycles. The van der Waals surface area contributed by atoms with Crippen LogP contribution in [0.1, 0.15) is 24.5 Å². The average molecular weight is 257 g/mol. The monoisotopic (exact) mass is 257 g/mol. The molecule has 3 rings (SSSR count). The molecule has 1 aliphatic rings. The summed E-state index contributed by atoms with van der Waals surface area (Å²) in [7, 11) is 0. The Morgan fingerprint density at radius 3 is 2.74 bits per heavy atom. The molecule has 6 nitrogen and oxygen atoms in total. The van der Waals surface area contributed by atoms with E-state index in [4.69, 9.17) is 9.15 Å². The molecule has 1 unspecified atom stereocenters. The summed E-state index contributed by atoms with van der Waals surface area (Å²) in [5.74, 6) is 0.577. The first kappa shape index (κ1) is 11.5. The van der Waals surface area contributed by atoms with Gasteiger partial charge in [0.1, 0.15) is 0 Å². The zero-order valence-corrected chi connectivity index (χ0v) is 10.2. The number of aromatic nitrogens is 1. The normalized spacial score (nSPS) is 18.1. The van der Waals surface area contributed by atoms with E-state index in [9.17, 15) is 4.79 Å². The average Bonchev–Trinajstić information content (AvgIpc) is 3.08. The van der Waals surface area contributed by atoms with Gasteiger partial charge in [-0.2, -0.15) is 5.01 Å². The molecule has 0 fully saturated rings. The van der Waals surface area contributed by atoms with E-state index in [1.165, 1.54) is 18.2 Å². The number of furan rings is 1. The zero-order valence-electron chi connectivity index (χ0n) is 10.2. The number of ether oxygens (including phenoxy) is 1. The second-order valence-electron chi connectivity index (χ2n) is 4.00. The summed E-state index contributed by atoms with van der Waals surface area (Å²) in [5.41, 5.74) is 0.801. The fourth-order valence-corrected chi connectivity index (χ4v) is 1.81. The molecule has 3 heterocycles. The quantitative estimate of drug-likeness (QED) is 0.824. The number of carbonyl (C=O) groups excluding carboxylic acids is 1. The van der Waals surface area contributed by atoms with Crippen LogP contribution in [0.4, 0.5) is 0 Å². The topological polar surface area (TPSA) is 67.9 Å². The van der Waals surface area contributed by atoms with Gasteiger partial charge >= 0.3 is 0 Å². The second-order valence-corrected chi connectivity index (χ2v) is 4.00. The van der Waals surface area contributed by atoms with E-state index >= 15 is 0 Å². The Hall–Kier alpha value is -2.63. The molecule has 0 aliphatic carbocycles. The van der Waals surface area contributed by atoms with Crippen LogP contribution in [0, 0.1) is 0 Å². The minimum absolute atomic E-state index is 0.205. The maximum absolute atomic E-state index is 11.6. The number of amides is 1. The van der Waals surface area contributed by atoms with E-state index in [2.05, 4.69) is 10.1 Å². The van der Waals surface area contributed by atoms with Crippen LogP contribution < -0.4 is 0 Å². The van der Waals surface area contributed by atoms with E-state index in [0.717, 1.165) is 5.56 Å². The first-order chi connectivity index (χ1) is 9.25. The fourth-order valence-electron chi connectivity index (χ4n) is 1.81. The van der Waals surface area contributed by atoms with E-state index in [1.807, 2.05) is 0 Å². The van der Waals surface area contributed by atoms with Crippen molar-refractivity contribution < 1.29 is 13.9 Å². The molecular formula is C13H11N3O3. The molecule has 1 atom stereocenters. The molecule has 1 aliphatic heterocycles. The summed E-state index contributed by atoms with van der Waals surface area (Å²) in [6.07, 6.45) is 4.23. The van der Waals surface area contributed by atoms with Crippen molar-refractivity contribution in [3.63, 3.8) is 0 Å². The third kappa shape index (κ3) is 2.08. The lowest BCUT2D eigenvalue weighted by Gasteiger charge is -2.18. The van der Waals surface area contributed by atoms with Crippen molar-refractivity contribution in [1.29, 1.82) is 0 Å². The molecule has 6 heteroatoms. The van der Waals surface area contributed by atoms with Gasteiger partial charge in [-0.3, -0.25) is 9.78 Å². The lowest BCUT2D eigenvalue weighted by molar-refractivity contribution is -0.135. The first-order valence-electron chi connectivity index (χ1n) is 5.74. The van der Waals surface area contributed by atoms with Crippen LogP contribution in [0.3, 0.4) is 0 Å². The van der Waals surface area contributed by atoms with Gasteiger partial charge in [-0.05, 0) is 24.3 Å². The molecule has 0 aromatic carbocycles. The predicted molar refractivity (Wildman–Crippen MR) is 65.8 cm³/mol. The Kier molecular flexibility index (Phi) is 2.75. The molecule has 0 saturated carbocycles. The van der Waals surface area contributed by atoms with Gasteiger partial charge < -0.3 is 9.15 Å². The van der Waals surface area contributed by atoms with Crippen molar-refractivity contribution >= 4 is 11.8 Å². The van der Waals surface area contributed by atoms with Gasteiger partial charge in [0.2, 0.25) is 12.1 Å². The van der Waals surface area contributed by atoms with Crippen molar-refractivity contribution in [2.45, 2.75) is 13.2 Å². The van der Waals surface area contributed by atoms with E-state index in [-0.39, 0.29) is 5.91 Å². The van der Waals surface area contributed by atoms with Crippen molar-refractivity contribution in [3.05, 3.63) is 54.2 Å². The summed E-state index contributed by atoms with van der Waals surface area (Å²) in [6, 6.07) is 7.02. The number of rotatable bonds is 2. The molecule has 2 aromatic rings. The van der Waals surface area contributed by atoms with Gasteiger partial charge in [0, 0.05) is 24.9 Å². The number of hydrogen-bond acceptors (Lipinski definition) is 5. The van der Waals surface area contributed by atoms with Crippen LogP contribution in [-0.4, -0.2) is 21.8 Å². The standard InChI is InChI=1S/C13H11N3O3/c1-9(17)16-13(10-4-6-14-7-5-10)19-12(15-16)11-3-2-8-18-11/h2-8,13H,1H3. The smallest absolute Gasteiger partial charge is 0.277 e. The highest BCUT2D eigenvalue weighted by molar-refractivity contribution is 5.93. The van der Waals surface area contributed by atoms with Crippen molar-refractivity contribution in [2.24, 2.45) is 5.10 Å². The molecule has 1 amide bonds. The number of hydrogen-bond donors (Lipinski definition) is 0. The largest absolute Gasteiger partial charge is 0.459 e. The highest BCUT2D eigenvalue weighted by Crippen LogP contribution is 2.29. The number of nitrogens with zero attached hydrogens (tertiary/aromatic N) is 3. The molecule has 2 aromatic heterocycles. The fraction of sp³-hybridized carbons (Fsp3) is 0.154. The van der Waals surface area contributed by atoms with Gasteiger partial charge in [0.25, 0.3) is 5.90 Å². The molecule has 0 spiro atoms. The van der Waals surface area contributed by atoms with Gasteiger partial charge in [-0.25, -0.2) is 0 Å². The Bertz CT molecular complexity index is 607. The molecular weight excluding hydrogens is 246 g/mol. The third-order valence-electron chi connectivity index (χ3n) is 2.69. The first-order valence-corrected chi connectivity index (χ1v) is 5.74. The lowest BCUT2D eigenvalue weighted by atomic mass is 10.2. The van der Waals surface area contributed by atoms with Crippen molar-refractivity contribution in [3.8, 4) is 0 Å². The van der Waals surface area contributed by atoms with E-state index < -0.39 is 6.23 Å². The van der Waals surface area contributed by atoms with Crippen LogP contribution in [0.2, 0.25) is 0 Å². The van der Waals surface area contributed by atoms with Gasteiger partial charge in [-0.1, -0.05) is 0 Å². The van der Waals surface area contributed by atoms with Crippen LogP contribution in [0.15, 0.2) is 52.4 Å². The van der Waals surface area contributed by atoms with Crippen LogP contribution in [0.25, 0.3) is 0 Å². The van der Waals surface area contributed by atoms with E-state index in [0.29, 0.717) is 11.7 Å². The summed E-state index contributed by atoms with van der Waals surface area (Å²) >= 11 is 0. The molecule has 19 heavy (non-hydrogen) atoms. The second kappa shape index (κ2) is 4.56. The Balaban J connectivity index is 1.94. The molecule has 96 valence electrons. The Labute approximate surface area is 109 Å². The highest BCUT2D eigenvalue weighted by atomic mass is 16.5. The number of hydrazone groups is 1. The molecule has 0 N–H and O–H groups in total. The highest BCUT2D eigenvalue weighted by Gasteiger charge is 2.33. The Morgan fingerprint density at radius 2 is 2.11 bits per heavy atom. The summed E-state index contributed by atoms with van der Waals surface area (Å²) in [5, 5.41) is 5.44. The minimum atomic E-state index is -0.583. The van der Waals surface area contributed by atoms with Crippen LogP contribution in [-0.2, 0) is 9.53 Å². The summed E-state index contributed by atoms with van der Waals surface area (Å²) < 4.78 is 10.9. The van der Waals surface area contributed by atoms with E-state index in [1.54, 1.807) is 36.7 Å². The third-order valence-corrected chi connectivity index (χ3v) is 2.69. The summed E-state index contributed by atoms with van der Waals surface area (Å²) in [6.45, 7) is 1.44. The Morgan fingerprint density at radius 1 is 1.32 bits per heavy atom. The predicted octanol–water partition coefficient (Wildman–Crippen LogP) is 1.91. The minimum Gasteiger partial charge on any atom is -0.459 e. The lowest BCUT2D eigenvalue weighted by Crippen LogP contribution is -2.25. The van der Waals surface area contributed by atoms with Gasteiger partial charge in [0.15, 0.2) is 5.76 Å². The molecule has 0 radical (unpaired) electrons.